The molecule has 0 saturated carbocycles. The monoisotopic (exact) mass is 372 g/mol. The third-order valence-corrected chi connectivity index (χ3v) is 4.52. The van der Waals surface area contributed by atoms with Crippen molar-refractivity contribution >= 4 is 6.09 Å². The number of rotatable bonds is 4. The molecular formula is C19H21FN4O3. The Bertz CT molecular complexity index is 853. The Morgan fingerprint density at radius 2 is 2.11 bits per heavy atom. The Morgan fingerprint density at radius 1 is 1.37 bits per heavy atom. The molecule has 0 aliphatic carbocycles. The number of hydrogen-bond acceptors (Lipinski definition) is 6. The van der Waals surface area contributed by atoms with E-state index in [0.29, 0.717) is 44.0 Å². The molecule has 1 aromatic heterocycles. The number of nitrogens with zero attached hydrogens (tertiary/aromatic N) is 4. The van der Waals surface area contributed by atoms with E-state index >= 15 is 0 Å². The Balaban J connectivity index is 1.73. The second-order valence-electron chi connectivity index (χ2n) is 6.35. The number of ether oxygens (including phenoxy) is 1. The fraction of sp³-hybridized carbons (Fsp3) is 0.421. The van der Waals surface area contributed by atoms with Gasteiger partial charge in [0.2, 0.25) is 0 Å². The second-order valence-corrected chi connectivity index (χ2v) is 6.35. The minimum Gasteiger partial charge on any atom is -0.450 e. The molecule has 0 spiro atoms. The van der Waals surface area contributed by atoms with Crippen LogP contribution < -0.4 is 0 Å². The maximum absolute atomic E-state index is 14.1. The van der Waals surface area contributed by atoms with Crippen molar-refractivity contribution in [3.05, 3.63) is 41.3 Å². The Labute approximate surface area is 156 Å². The van der Waals surface area contributed by atoms with Gasteiger partial charge in [-0.15, -0.1) is 0 Å². The average molecular weight is 372 g/mol. The quantitative estimate of drug-likeness (QED) is 0.820. The van der Waals surface area contributed by atoms with Crippen LogP contribution in [-0.2, 0) is 4.74 Å². The fourth-order valence-electron chi connectivity index (χ4n) is 3.08. The van der Waals surface area contributed by atoms with E-state index in [-0.39, 0.29) is 11.9 Å². The number of carbonyl (C=O) groups excluding carboxylic acids is 1. The molecule has 1 amide bonds. The van der Waals surface area contributed by atoms with E-state index in [9.17, 15) is 14.4 Å². The predicted octanol–water partition coefficient (Wildman–Crippen LogP) is 3.13. The molecule has 0 unspecified atom stereocenters. The lowest BCUT2D eigenvalue weighted by atomic mass is 10.1. The number of nitriles is 1. The first-order valence-electron chi connectivity index (χ1n) is 8.82. The molecule has 1 aromatic carbocycles. The van der Waals surface area contributed by atoms with Gasteiger partial charge in [-0.05, 0) is 26.0 Å². The molecule has 1 aliphatic rings. The lowest BCUT2D eigenvalue weighted by molar-refractivity contribution is 0.0724. The molecule has 2 heterocycles. The van der Waals surface area contributed by atoms with Gasteiger partial charge in [-0.25, -0.2) is 9.18 Å². The summed E-state index contributed by atoms with van der Waals surface area (Å²) in [5, 5.41) is 13.6. The van der Waals surface area contributed by atoms with Gasteiger partial charge < -0.3 is 14.2 Å². The zero-order chi connectivity index (χ0) is 19.4. The molecule has 0 radical (unpaired) electrons. The van der Waals surface area contributed by atoms with Crippen molar-refractivity contribution in [2.24, 2.45) is 0 Å². The lowest BCUT2D eigenvalue weighted by Gasteiger charge is -2.35. The summed E-state index contributed by atoms with van der Waals surface area (Å²) in [4.78, 5) is 15.3. The SMILES string of the molecule is CCOC(=O)N1CCN([C@@H](C#N)c2cc(-c3cc(C)ccc3F)on2)CC1. The molecule has 2 aromatic rings. The first-order chi connectivity index (χ1) is 13.0. The van der Waals surface area contributed by atoms with Crippen molar-refractivity contribution in [3.8, 4) is 17.4 Å². The smallest absolute Gasteiger partial charge is 0.409 e. The molecule has 1 saturated heterocycles. The van der Waals surface area contributed by atoms with Gasteiger partial charge in [0.05, 0.1) is 18.2 Å². The number of carbonyl (C=O) groups is 1. The molecule has 1 aliphatic heterocycles. The van der Waals surface area contributed by atoms with Crippen molar-refractivity contribution < 1.29 is 18.4 Å². The first-order valence-corrected chi connectivity index (χ1v) is 8.82. The van der Waals surface area contributed by atoms with Crippen molar-refractivity contribution in [1.82, 2.24) is 15.0 Å². The van der Waals surface area contributed by atoms with E-state index < -0.39 is 11.9 Å². The summed E-state index contributed by atoms with van der Waals surface area (Å²) in [5.74, 6) is -0.114. The molecule has 27 heavy (non-hydrogen) atoms. The van der Waals surface area contributed by atoms with Crippen LogP contribution in [0.4, 0.5) is 9.18 Å². The van der Waals surface area contributed by atoms with Crippen LogP contribution in [0.1, 0.15) is 24.2 Å². The van der Waals surface area contributed by atoms with Crippen molar-refractivity contribution in [2.45, 2.75) is 19.9 Å². The maximum atomic E-state index is 14.1. The fourth-order valence-corrected chi connectivity index (χ4v) is 3.08. The van der Waals surface area contributed by atoms with E-state index in [2.05, 4.69) is 11.2 Å². The summed E-state index contributed by atoms with van der Waals surface area (Å²) < 4.78 is 24.4. The van der Waals surface area contributed by atoms with E-state index in [1.54, 1.807) is 30.0 Å². The van der Waals surface area contributed by atoms with Crippen LogP contribution >= 0.6 is 0 Å². The van der Waals surface area contributed by atoms with Gasteiger partial charge in [-0.2, -0.15) is 5.26 Å². The van der Waals surface area contributed by atoms with Crippen LogP contribution in [0, 0.1) is 24.1 Å². The molecule has 0 N–H and O–H groups in total. The Hall–Kier alpha value is -2.92. The molecule has 8 heteroatoms. The number of benzene rings is 1. The van der Waals surface area contributed by atoms with Crippen LogP contribution in [0.25, 0.3) is 11.3 Å². The van der Waals surface area contributed by atoms with Crippen LogP contribution in [0.2, 0.25) is 0 Å². The van der Waals surface area contributed by atoms with Crippen LogP contribution in [0.5, 0.6) is 0 Å². The van der Waals surface area contributed by atoms with Crippen LogP contribution in [0.3, 0.4) is 0 Å². The summed E-state index contributed by atoms with van der Waals surface area (Å²) in [6.45, 7) is 5.91. The third-order valence-electron chi connectivity index (χ3n) is 4.52. The van der Waals surface area contributed by atoms with Crippen LogP contribution in [0.15, 0.2) is 28.8 Å². The maximum Gasteiger partial charge on any atom is 0.409 e. The molecule has 7 nitrogen and oxygen atoms in total. The molecule has 0 bridgehead atoms. The summed E-state index contributed by atoms with van der Waals surface area (Å²) in [7, 11) is 0. The second kappa shape index (κ2) is 8.18. The van der Waals surface area contributed by atoms with Gasteiger partial charge in [0.1, 0.15) is 17.6 Å². The summed E-state index contributed by atoms with van der Waals surface area (Å²) in [5.41, 5.74) is 1.65. The topological polar surface area (TPSA) is 82.6 Å². The van der Waals surface area contributed by atoms with Gasteiger partial charge in [-0.1, -0.05) is 16.8 Å². The molecule has 142 valence electrons. The highest BCUT2D eigenvalue weighted by Gasteiger charge is 2.29. The average Bonchev–Trinajstić information content (AvgIpc) is 3.14. The number of hydrogen-bond donors (Lipinski definition) is 0. The molecule has 3 rings (SSSR count). The van der Waals surface area contributed by atoms with Crippen molar-refractivity contribution in [2.75, 3.05) is 32.8 Å². The molecule has 1 fully saturated rings. The normalized spacial score (nSPS) is 16.0. The zero-order valence-electron chi connectivity index (χ0n) is 15.3. The number of piperazine rings is 1. The van der Waals surface area contributed by atoms with Gasteiger partial charge in [0.15, 0.2) is 5.76 Å². The summed E-state index contributed by atoms with van der Waals surface area (Å²) in [6, 6.07) is 7.93. The highest BCUT2D eigenvalue weighted by Crippen LogP contribution is 2.28. The highest BCUT2D eigenvalue weighted by atomic mass is 19.1. The van der Waals surface area contributed by atoms with Gasteiger partial charge in [0, 0.05) is 32.2 Å². The minimum absolute atomic E-state index is 0.289. The Morgan fingerprint density at radius 3 is 2.78 bits per heavy atom. The van der Waals surface area contributed by atoms with Crippen LogP contribution in [-0.4, -0.2) is 53.8 Å². The molecule has 1 atom stereocenters. The standard InChI is InChI=1S/C19H21FN4O3/c1-3-26-19(25)24-8-6-23(7-9-24)17(12-21)16-11-18(27-22-16)14-10-13(2)4-5-15(14)20/h4-5,10-11,17H,3,6-9H2,1-2H3/t17-/m0/s1. The lowest BCUT2D eigenvalue weighted by Crippen LogP contribution is -2.49. The van der Waals surface area contributed by atoms with Crippen molar-refractivity contribution in [1.29, 1.82) is 5.26 Å². The van der Waals surface area contributed by atoms with Crippen molar-refractivity contribution in [3.63, 3.8) is 0 Å². The third kappa shape index (κ3) is 4.09. The van der Waals surface area contributed by atoms with Gasteiger partial charge in [0.25, 0.3) is 0 Å². The van der Waals surface area contributed by atoms with E-state index in [1.165, 1.54) is 6.07 Å². The largest absolute Gasteiger partial charge is 0.450 e. The Kier molecular flexibility index (Phi) is 5.72. The first kappa shape index (κ1) is 18.9. The summed E-state index contributed by atoms with van der Waals surface area (Å²) in [6.07, 6.45) is -0.343. The van der Waals surface area contributed by atoms with Gasteiger partial charge in [-0.3, -0.25) is 4.90 Å². The number of amides is 1. The summed E-state index contributed by atoms with van der Waals surface area (Å²) >= 11 is 0. The predicted molar refractivity (Wildman–Crippen MR) is 95.2 cm³/mol. The van der Waals surface area contributed by atoms with E-state index in [4.69, 9.17) is 9.26 Å². The minimum atomic E-state index is -0.625. The van der Waals surface area contributed by atoms with E-state index in [1.807, 2.05) is 11.8 Å². The molecular weight excluding hydrogens is 351 g/mol. The number of aromatic nitrogens is 1. The van der Waals surface area contributed by atoms with Gasteiger partial charge >= 0.3 is 6.09 Å². The number of aryl methyl sites for hydroxylation is 1. The number of halogens is 1. The zero-order valence-corrected chi connectivity index (χ0v) is 15.3. The van der Waals surface area contributed by atoms with E-state index in [0.717, 1.165) is 5.56 Å². The highest BCUT2D eigenvalue weighted by molar-refractivity contribution is 5.67.